The molecule has 5 heteroatoms. The summed E-state index contributed by atoms with van der Waals surface area (Å²) in [6.07, 6.45) is 0. The van der Waals surface area contributed by atoms with Gasteiger partial charge in [-0.3, -0.25) is 0 Å². The van der Waals surface area contributed by atoms with Crippen LogP contribution in [0.1, 0.15) is 33.3 Å². The minimum Gasteiger partial charge on any atom is -0.324 e. The highest BCUT2D eigenvalue weighted by Crippen LogP contribution is 2.21. The van der Waals surface area contributed by atoms with E-state index in [0.29, 0.717) is 0 Å². The zero-order valence-corrected chi connectivity index (χ0v) is 12.4. The maximum Gasteiger partial charge on any atom is 0.241 e. The molecular formula is C13H22N2O2S. The Morgan fingerprint density at radius 3 is 1.89 bits per heavy atom. The molecule has 0 aliphatic heterocycles. The zero-order chi connectivity index (χ0) is 14.2. The summed E-state index contributed by atoms with van der Waals surface area (Å²) in [4.78, 5) is 0.255. The van der Waals surface area contributed by atoms with Gasteiger partial charge in [0.25, 0.3) is 0 Å². The number of nitrogens with one attached hydrogen (secondary N) is 1. The molecule has 0 amide bonds. The molecular weight excluding hydrogens is 248 g/mol. The van der Waals surface area contributed by atoms with Crippen molar-refractivity contribution in [1.29, 1.82) is 0 Å². The average Bonchev–Trinajstić information content (AvgIpc) is 2.14. The molecule has 0 radical (unpaired) electrons. The van der Waals surface area contributed by atoms with E-state index in [0.717, 1.165) is 5.56 Å². The second-order valence-corrected chi connectivity index (χ2v) is 7.45. The number of rotatable bonds is 4. The summed E-state index contributed by atoms with van der Waals surface area (Å²) >= 11 is 0. The lowest BCUT2D eigenvalue weighted by Gasteiger charge is -2.38. The average molecular weight is 270 g/mol. The molecule has 1 aromatic rings. The number of hydrogen-bond donors (Lipinski definition) is 2. The fraction of sp³-hybridized carbons (Fsp3) is 0.538. The third kappa shape index (κ3) is 3.31. The highest BCUT2D eigenvalue weighted by molar-refractivity contribution is 7.89. The van der Waals surface area contributed by atoms with Gasteiger partial charge in [-0.2, -0.15) is 0 Å². The molecule has 1 aromatic carbocycles. The lowest BCUT2D eigenvalue weighted by Crippen LogP contribution is -2.62. The first kappa shape index (κ1) is 15.1. The summed E-state index contributed by atoms with van der Waals surface area (Å²) in [5.74, 6) is 0. The maximum absolute atomic E-state index is 12.2. The van der Waals surface area contributed by atoms with E-state index in [4.69, 9.17) is 5.73 Å². The van der Waals surface area contributed by atoms with Crippen LogP contribution in [0.15, 0.2) is 29.2 Å². The molecule has 0 bridgehead atoms. The molecule has 0 spiro atoms. The van der Waals surface area contributed by atoms with Gasteiger partial charge in [0.15, 0.2) is 0 Å². The predicted molar refractivity (Wildman–Crippen MR) is 73.8 cm³/mol. The van der Waals surface area contributed by atoms with Gasteiger partial charge in [-0.1, -0.05) is 17.7 Å². The highest BCUT2D eigenvalue weighted by atomic mass is 32.2. The van der Waals surface area contributed by atoms with E-state index in [1.165, 1.54) is 0 Å². The van der Waals surface area contributed by atoms with Crippen molar-refractivity contribution in [2.45, 2.75) is 50.6 Å². The van der Waals surface area contributed by atoms with Gasteiger partial charge in [0.05, 0.1) is 4.90 Å². The van der Waals surface area contributed by atoms with Crippen molar-refractivity contribution in [1.82, 2.24) is 4.72 Å². The first-order valence-electron chi connectivity index (χ1n) is 5.85. The molecule has 0 fully saturated rings. The van der Waals surface area contributed by atoms with E-state index in [2.05, 4.69) is 4.72 Å². The van der Waals surface area contributed by atoms with Crippen LogP contribution in [0.5, 0.6) is 0 Å². The smallest absolute Gasteiger partial charge is 0.241 e. The van der Waals surface area contributed by atoms with Crippen molar-refractivity contribution in [2.75, 3.05) is 0 Å². The van der Waals surface area contributed by atoms with Gasteiger partial charge >= 0.3 is 0 Å². The molecule has 0 atom stereocenters. The normalized spacial score (nSPS) is 13.7. The van der Waals surface area contributed by atoms with Crippen molar-refractivity contribution in [3.63, 3.8) is 0 Å². The SMILES string of the molecule is Cc1ccc(S(=O)(=O)NC(C)(C)C(C)(C)N)cc1. The second-order valence-electron chi connectivity index (χ2n) is 5.77. The van der Waals surface area contributed by atoms with Crippen molar-refractivity contribution >= 4 is 10.0 Å². The maximum atomic E-state index is 12.2. The Balaban J connectivity index is 3.07. The van der Waals surface area contributed by atoms with Crippen molar-refractivity contribution in [2.24, 2.45) is 5.73 Å². The Morgan fingerprint density at radius 1 is 1.06 bits per heavy atom. The van der Waals surface area contributed by atoms with Crippen LogP contribution in [0, 0.1) is 6.92 Å². The number of aryl methyl sites for hydroxylation is 1. The molecule has 0 saturated heterocycles. The molecule has 18 heavy (non-hydrogen) atoms. The Hall–Kier alpha value is -0.910. The third-order valence-corrected chi connectivity index (χ3v) is 5.00. The number of nitrogens with two attached hydrogens (primary N) is 1. The third-order valence-electron chi connectivity index (χ3n) is 3.33. The Morgan fingerprint density at radius 2 is 1.50 bits per heavy atom. The lowest BCUT2D eigenvalue weighted by atomic mass is 9.85. The quantitative estimate of drug-likeness (QED) is 0.876. The van der Waals surface area contributed by atoms with Gasteiger partial charge in [-0.15, -0.1) is 0 Å². The summed E-state index contributed by atoms with van der Waals surface area (Å²) in [5.41, 5.74) is 5.62. The van der Waals surface area contributed by atoms with Crippen LogP contribution in [0.3, 0.4) is 0 Å². The van der Waals surface area contributed by atoms with Crippen LogP contribution >= 0.6 is 0 Å². The minimum absolute atomic E-state index is 0.255. The standard InChI is InChI=1S/C13H22N2O2S/c1-10-6-8-11(9-7-10)18(16,17)15-13(4,5)12(2,3)14/h6-9,15H,14H2,1-5H3. The summed E-state index contributed by atoms with van der Waals surface area (Å²) in [6, 6.07) is 6.73. The van der Waals surface area contributed by atoms with Crippen molar-refractivity contribution in [3.05, 3.63) is 29.8 Å². The summed E-state index contributed by atoms with van der Waals surface area (Å²) < 4.78 is 27.1. The lowest BCUT2D eigenvalue weighted by molar-refractivity contribution is 0.281. The van der Waals surface area contributed by atoms with Gasteiger partial charge in [0.2, 0.25) is 10.0 Å². The van der Waals surface area contributed by atoms with E-state index in [-0.39, 0.29) is 4.90 Å². The Kier molecular flexibility index (Phi) is 3.91. The molecule has 4 nitrogen and oxygen atoms in total. The minimum atomic E-state index is -3.55. The summed E-state index contributed by atoms with van der Waals surface area (Å²) in [6.45, 7) is 9.06. The van der Waals surface area contributed by atoms with E-state index in [1.807, 2.05) is 6.92 Å². The topological polar surface area (TPSA) is 72.2 Å². The number of sulfonamides is 1. The Bertz CT molecular complexity index is 511. The molecule has 0 aliphatic carbocycles. The number of benzene rings is 1. The summed E-state index contributed by atoms with van der Waals surface area (Å²) in [5, 5.41) is 0. The first-order valence-corrected chi connectivity index (χ1v) is 7.33. The molecule has 0 aromatic heterocycles. The second kappa shape index (κ2) is 4.64. The molecule has 3 N–H and O–H groups in total. The molecule has 102 valence electrons. The predicted octanol–water partition coefficient (Wildman–Crippen LogP) is 1.79. The number of hydrogen-bond acceptors (Lipinski definition) is 3. The van der Waals surface area contributed by atoms with E-state index < -0.39 is 21.1 Å². The van der Waals surface area contributed by atoms with Crippen LogP contribution in [-0.4, -0.2) is 19.5 Å². The van der Waals surface area contributed by atoms with Gasteiger partial charge in [0, 0.05) is 11.1 Å². The monoisotopic (exact) mass is 270 g/mol. The van der Waals surface area contributed by atoms with Crippen LogP contribution in [0.2, 0.25) is 0 Å². The Labute approximate surface area is 110 Å². The molecule has 1 rings (SSSR count). The highest BCUT2D eigenvalue weighted by Gasteiger charge is 2.37. The van der Waals surface area contributed by atoms with E-state index >= 15 is 0 Å². The molecule has 0 aliphatic rings. The van der Waals surface area contributed by atoms with E-state index in [9.17, 15) is 8.42 Å². The van der Waals surface area contributed by atoms with Crippen LogP contribution in [0.25, 0.3) is 0 Å². The van der Waals surface area contributed by atoms with Crippen LogP contribution in [0.4, 0.5) is 0 Å². The fourth-order valence-electron chi connectivity index (χ4n) is 1.24. The van der Waals surface area contributed by atoms with Crippen LogP contribution in [-0.2, 0) is 10.0 Å². The van der Waals surface area contributed by atoms with Crippen molar-refractivity contribution < 1.29 is 8.42 Å². The van der Waals surface area contributed by atoms with Gasteiger partial charge < -0.3 is 5.73 Å². The molecule has 0 saturated carbocycles. The largest absolute Gasteiger partial charge is 0.324 e. The van der Waals surface area contributed by atoms with Gasteiger partial charge in [-0.05, 0) is 46.8 Å². The van der Waals surface area contributed by atoms with Crippen LogP contribution < -0.4 is 10.5 Å². The van der Waals surface area contributed by atoms with Gasteiger partial charge in [-0.25, -0.2) is 13.1 Å². The molecule has 0 unspecified atom stereocenters. The summed E-state index contributed by atoms with van der Waals surface area (Å²) in [7, 11) is -3.55. The molecule has 0 heterocycles. The van der Waals surface area contributed by atoms with Crippen molar-refractivity contribution in [3.8, 4) is 0 Å². The fourth-order valence-corrected chi connectivity index (χ4v) is 2.79. The van der Waals surface area contributed by atoms with Gasteiger partial charge in [0.1, 0.15) is 0 Å². The first-order chi connectivity index (χ1) is 7.96. The van der Waals surface area contributed by atoms with E-state index in [1.54, 1.807) is 52.0 Å². The zero-order valence-electron chi connectivity index (χ0n) is 11.6.